The molecule has 110 valence electrons. The lowest BCUT2D eigenvalue weighted by atomic mass is 9.80. The lowest BCUT2D eigenvalue weighted by Crippen LogP contribution is -2.28. The van der Waals surface area contributed by atoms with Crippen molar-refractivity contribution in [3.8, 4) is 0 Å². The molecule has 0 fully saturated rings. The molecular weight excluding hydrogens is 220 g/mol. The fraction of sp³-hybridized carbons (Fsp3) is 1.00. The Balaban J connectivity index is 3.34. The molecular formula is C17H36O. The van der Waals surface area contributed by atoms with Crippen LogP contribution in [-0.4, -0.2) is 11.2 Å². The van der Waals surface area contributed by atoms with Crippen molar-refractivity contribution in [1.29, 1.82) is 0 Å². The predicted molar refractivity (Wildman–Crippen MR) is 81.9 cm³/mol. The van der Waals surface area contributed by atoms with Gasteiger partial charge < -0.3 is 5.11 Å². The largest absolute Gasteiger partial charge is 0.393 e. The van der Waals surface area contributed by atoms with Crippen LogP contribution in [0.2, 0.25) is 0 Å². The van der Waals surface area contributed by atoms with E-state index in [4.69, 9.17) is 0 Å². The van der Waals surface area contributed by atoms with E-state index in [2.05, 4.69) is 27.7 Å². The first-order chi connectivity index (χ1) is 8.54. The number of aliphatic hydroxyl groups is 1. The molecule has 0 aliphatic heterocycles. The Labute approximate surface area is 115 Å². The van der Waals surface area contributed by atoms with E-state index in [-0.39, 0.29) is 11.5 Å². The van der Waals surface area contributed by atoms with Gasteiger partial charge in [0.2, 0.25) is 0 Å². The summed E-state index contributed by atoms with van der Waals surface area (Å²) in [6, 6.07) is 0. The molecule has 0 heterocycles. The smallest absolute Gasteiger partial charge is 0.0588 e. The molecule has 0 bridgehead atoms. The molecule has 0 rings (SSSR count). The molecule has 0 aromatic rings. The SMILES string of the molecule is CCCCCCCCCCCC(C)(C)C(O)CC. The maximum Gasteiger partial charge on any atom is 0.0588 e. The third-order valence-corrected chi connectivity index (χ3v) is 4.21. The zero-order valence-electron chi connectivity index (χ0n) is 13.3. The first kappa shape index (κ1) is 18.0. The van der Waals surface area contributed by atoms with Crippen LogP contribution in [0.5, 0.6) is 0 Å². The molecule has 0 spiro atoms. The second-order valence-corrected chi connectivity index (χ2v) is 6.49. The van der Waals surface area contributed by atoms with Crippen molar-refractivity contribution in [2.75, 3.05) is 0 Å². The lowest BCUT2D eigenvalue weighted by Gasteiger charge is -2.29. The summed E-state index contributed by atoms with van der Waals surface area (Å²) < 4.78 is 0. The van der Waals surface area contributed by atoms with Gasteiger partial charge in [0, 0.05) is 0 Å². The summed E-state index contributed by atoms with van der Waals surface area (Å²) in [6.07, 6.45) is 14.3. The van der Waals surface area contributed by atoms with Gasteiger partial charge in [0.1, 0.15) is 0 Å². The molecule has 0 aromatic heterocycles. The molecule has 1 N–H and O–H groups in total. The fourth-order valence-electron chi connectivity index (χ4n) is 2.61. The predicted octanol–water partition coefficient (Wildman–Crippen LogP) is 5.70. The van der Waals surface area contributed by atoms with Gasteiger partial charge in [-0.1, -0.05) is 85.5 Å². The van der Waals surface area contributed by atoms with Crippen LogP contribution in [0, 0.1) is 5.41 Å². The molecule has 0 saturated carbocycles. The van der Waals surface area contributed by atoms with Crippen LogP contribution >= 0.6 is 0 Å². The van der Waals surface area contributed by atoms with Crippen LogP contribution in [0.15, 0.2) is 0 Å². The first-order valence-corrected chi connectivity index (χ1v) is 8.22. The zero-order valence-corrected chi connectivity index (χ0v) is 13.3. The van der Waals surface area contributed by atoms with Crippen molar-refractivity contribution in [1.82, 2.24) is 0 Å². The molecule has 1 heteroatoms. The molecule has 0 aromatic carbocycles. The van der Waals surface area contributed by atoms with Gasteiger partial charge in [-0.05, 0) is 18.3 Å². The van der Waals surface area contributed by atoms with Crippen LogP contribution in [0.4, 0.5) is 0 Å². The van der Waals surface area contributed by atoms with Gasteiger partial charge in [-0.25, -0.2) is 0 Å². The van der Waals surface area contributed by atoms with E-state index in [0.29, 0.717) is 0 Å². The highest BCUT2D eigenvalue weighted by Crippen LogP contribution is 2.29. The summed E-state index contributed by atoms with van der Waals surface area (Å²) in [6.45, 7) is 8.74. The van der Waals surface area contributed by atoms with E-state index < -0.39 is 0 Å². The Morgan fingerprint density at radius 1 is 0.778 bits per heavy atom. The van der Waals surface area contributed by atoms with Crippen LogP contribution in [-0.2, 0) is 0 Å². The Kier molecular flexibility index (Phi) is 10.8. The van der Waals surface area contributed by atoms with Crippen LogP contribution in [0.25, 0.3) is 0 Å². The van der Waals surface area contributed by atoms with Gasteiger partial charge >= 0.3 is 0 Å². The van der Waals surface area contributed by atoms with Gasteiger partial charge in [-0.15, -0.1) is 0 Å². The van der Waals surface area contributed by atoms with Gasteiger partial charge in [0.25, 0.3) is 0 Å². The van der Waals surface area contributed by atoms with Crippen molar-refractivity contribution in [2.24, 2.45) is 5.41 Å². The average Bonchev–Trinajstić information content (AvgIpc) is 2.35. The summed E-state index contributed by atoms with van der Waals surface area (Å²) in [5, 5.41) is 9.91. The monoisotopic (exact) mass is 256 g/mol. The topological polar surface area (TPSA) is 20.2 Å². The van der Waals surface area contributed by atoms with Crippen LogP contribution in [0.3, 0.4) is 0 Å². The minimum atomic E-state index is -0.133. The molecule has 0 saturated heterocycles. The maximum atomic E-state index is 9.91. The van der Waals surface area contributed by atoms with Gasteiger partial charge in [0.15, 0.2) is 0 Å². The summed E-state index contributed by atoms with van der Waals surface area (Å²) in [4.78, 5) is 0. The number of unbranched alkanes of at least 4 members (excludes halogenated alkanes) is 8. The number of hydrogen-bond acceptors (Lipinski definition) is 1. The molecule has 0 radical (unpaired) electrons. The summed E-state index contributed by atoms with van der Waals surface area (Å²) in [7, 11) is 0. The van der Waals surface area contributed by atoms with Crippen LogP contribution < -0.4 is 0 Å². The van der Waals surface area contributed by atoms with Gasteiger partial charge in [-0.2, -0.15) is 0 Å². The molecule has 1 nitrogen and oxygen atoms in total. The summed E-state index contributed by atoms with van der Waals surface area (Å²) in [5.74, 6) is 0. The third-order valence-electron chi connectivity index (χ3n) is 4.21. The average molecular weight is 256 g/mol. The fourth-order valence-corrected chi connectivity index (χ4v) is 2.61. The van der Waals surface area contributed by atoms with E-state index in [9.17, 15) is 5.11 Å². The minimum Gasteiger partial charge on any atom is -0.393 e. The summed E-state index contributed by atoms with van der Waals surface area (Å²) >= 11 is 0. The molecule has 0 aliphatic rings. The number of rotatable bonds is 12. The van der Waals surface area contributed by atoms with Crippen molar-refractivity contribution in [2.45, 2.75) is 104 Å². The van der Waals surface area contributed by atoms with Crippen molar-refractivity contribution >= 4 is 0 Å². The van der Waals surface area contributed by atoms with E-state index in [1.165, 1.54) is 57.8 Å². The number of aliphatic hydroxyl groups excluding tert-OH is 1. The molecule has 0 aliphatic carbocycles. The van der Waals surface area contributed by atoms with E-state index in [0.717, 1.165) is 12.8 Å². The Bertz CT molecular complexity index is 174. The highest BCUT2D eigenvalue weighted by molar-refractivity contribution is 4.76. The normalized spacial score (nSPS) is 13.8. The third kappa shape index (κ3) is 8.97. The van der Waals surface area contributed by atoms with Crippen molar-refractivity contribution in [3.05, 3.63) is 0 Å². The summed E-state index contributed by atoms with van der Waals surface area (Å²) in [5.41, 5.74) is 0.107. The Morgan fingerprint density at radius 3 is 1.67 bits per heavy atom. The van der Waals surface area contributed by atoms with Gasteiger partial charge in [-0.3, -0.25) is 0 Å². The number of hydrogen-bond donors (Lipinski definition) is 1. The zero-order chi connectivity index (χ0) is 13.9. The van der Waals surface area contributed by atoms with Crippen LogP contribution in [0.1, 0.15) is 98.3 Å². The first-order valence-electron chi connectivity index (χ1n) is 8.22. The maximum absolute atomic E-state index is 9.91. The molecule has 1 atom stereocenters. The standard InChI is InChI=1S/C17H36O/c1-5-7-8-9-10-11-12-13-14-15-17(3,4)16(18)6-2/h16,18H,5-15H2,1-4H3. The van der Waals surface area contributed by atoms with Gasteiger partial charge in [0.05, 0.1) is 6.10 Å². The highest BCUT2D eigenvalue weighted by atomic mass is 16.3. The van der Waals surface area contributed by atoms with E-state index >= 15 is 0 Å². The van der Waals surface area contributed by atoms with Crippen molar-refractivity contribution < 1.29 is 5.11 Å². The lowest BCUT2D eigenvalue weighted by molar-refractivity contribution is 0.0393. The molecule has 0 amide bonds. The second-order valence-electron chi connectivity index (χ2n) is 6.49. The second kappa shape index (κ2) is 10.8. The van der Waals surface area contributed by atoms with Crippen molar-refractivity contribution in [3.63, 3.8) is 0 Å². The molecule has 1 unspecified atom stereocenters. The highest BCUT2D eigenvalue weighted by Gasteiger charge is 2.25. The minimum absolute atomic E-state index is 0.107. The quantitative estimate of drug-likeness (QED) is 0.444. The Morgan fingerprint density at radius 2 is 1.22 bits per heavy atom. The van der Waals surface area contributed by atoms with E-state index in [1.54, 1.807) is 0 Å². The van der Waals surface area contributed by atoms with E-state index in [1.807, 2.05) is 0 Å². The Hall–Kier alpha value is -0.0400. The molecule has 18 heavy (non-hydrogen) atoms.